The van der Waals surface area contributed by atoms with E-state index in [4.69, 9.17) is 0 Å². The van der Waals surface area contributed by atoms with Crippen LogP contribution in [0, 0.1) is 0 Å². The van der Waals surface area contributed by atoms with Crippen LogP contribution >= 0.6 is 11.3 Å². The predicted octanol–water partition coefficient (Wildman–Crippen LogP) is 3.16. The van der Waals surface area contributed by atoms with Gasteiger partial charge in [0.1, 0.15) is 11.5 Å². The number of hydrogen-bond acceptors (Lipinski definition) is 5. The Balaban J connectivity index is 2.13. The molecule has 1 amide bonds. The van der Waals surface area contributed by atoms with E-state index in [0.717, 1.165) is 4.88 Å². The van der Waals surface area contributed by atoms with Gasteiger partial charge in [-0.2, -0.15) is 9.78 Å². The van der Waals surface area contributed by atoms with Crippen LogP contribution in [0.1, 0.15) is 38.8 Å². The zero-order valence-corrected chi connectivity index (χ0v) is 15.1. The second-order valence-corrected chi connectivity index (χ2v) is 6.80. The third-order valence-electron chi connectivity index (χ3n) is 3.61. The molecule has 0 saturated heterocycles. The van der Waals surface area contributed by atoms with E-state index in [1.165, 1.54) is 10.7 Å². The van der Waals surface area contributed by atoms with Gasteiger partial charge in [-0.05, 0) is 17.4 Å². The van der Waals surface area contributed by atoms with Gasteiger partial charge in [0.25, 0.3) is 5.56 Å². The van der Waals surface area contributed by atoms with E-state index in [9.17, 15) is 9.59 Å². The van der Waals surface area contributed by atoms with Crippen molar-refractivity contribution in [3.05, 3.63) is 45.7 Å². The summed E-state index contributed by atoms with van der Waals surface area (Å²) in [5.41, 5.74) is 1.12. The monoisotopic (exact) mass is 357 g/mol. The van der Waals surface area contributed by atoms with Crippen LogP contribution < -0.4 is 10.9 Å². The maximum atomic E-state index is 12.0. The molecule has 0 aliphatic rings. The molecule has 7 nitrogen and oxygen atoms in total. The number of nitrogens with one attached hydrogen (secondary N) is 2. The Hall–Kier alpha value is -2.74. The lowest BCUT2D eigenvalue weighted by Gasteiger charge is -2.09. The standard InChI is InChI=1S/C17H19N5O2S/c1-4-15(23)19-14-8-12(13-6-5-7-25-13)21-22(14)17-18-11(10(2)3)9-16(24)20-17/h5-10H,4H2,1-3H3,(H,19,23)(H,18,20,24). The van der Waals surface area contributed by atoms with Gasteiger partial charge in [-0.15, -0.1) is 11.3 Å². The van der Waals surface area contributed by atoms with Crippen LogP contribution in [-0.4, -0.2) is 25.7 Å². The zero-order chi connectivity index (χ0) is 18.0. The molecule has 0 aromatic carbocycles. The topological polar surface area (TPSA) is 92.7 Å². The molecule has 0 bridgehead atoms. The first-order chi connectivity index (χ1) is 12.0. The SMILES string of the molecule is CCC(=O)Nc1cc(-c2cccs2)nn1-c1nc(C(C)C)cc(=O)[nH]1. The van der Waals surface area contributed by atoms with E-state index in [0.29, 0.717) is 23.6 Å². The zero-order valence-electron chi connectivity index (χ0n) is 14.2. The van der Waals surface area contributed by atoms with E-state index in [1.807, 2.05) is 31.4 Å². The number of amides is 1. The van der Waals surface area contributed by atoms with Crippen LogP contribution in [0.5, 0.6) is 0 Å². The Morgan fingerprint density at radius 2 is 2.20 bits per heavy atom. The average molecular weight is 357 g/mol. The van der Waals surface area contributed by atoms with Crippen molar-refractivity contribution in [2.24, 2.45) is 0 Å². The number of thiophene rings is 1. The number of H-pyrrole nitrogens is 1. The summed E-state index contributed by atoms with van der Waals surface area (Å²) in [6.07, 6.45) is 0.343. The predicted molar refractivity (Wildman–Crippen MR) is 98.3 cm³/mol. The maximum Gasteiger partial charge on any atom is 0.252 e. The maximum absolute atomic E-state index is 12.0. The number of hydrogen-bond donors (Lipinski definition) is 2. The first-order valence-electron chi connectivity index (χ1n) is 8.03. The molecule has 0 radical (unpaired) electrons. The van der Waals surface area contributed by atoms with Crippen molar-refractivity contribution >= 4 is 23.1 Å². The number of rotatable bonds is 5. The van der Waals surface area contributed by atoms with Crippen LogP contribution in [-0.2, 0) is 4.79 Å². The van der Waals surface area contributed by atoms with Gasteiger partial charge in [0.2, 0.25) is 11.9 Å². The Kier molecular flexibility index (Phi) is 4.80. The lowest BCUT2D eigenvalue weighted by atomic mass is 10.1. The Morgan fingerprint density at radius 3 is 2.84 bits per heavy atom. The van der Waals surface area contributed by atoms with Gasteiger partial charge in [0.15, 0.2) is 0 Å². The summed E-state index contributed by atoms with van der Waals surface area (Å²) in [6.45, 7) is 5.70. The molecular weight excluding hydrogens is 338 g/mol. The molecule has 0 aliphatic heterocycles. The van der Waals surface area contributed by atoms with E-state index >= 15 is 0 Å². The fourth-order valence-electron chi connectivity index (χ4n) is 2.27. The minimum atomic E-state index is -0.255. The van der Waals surface area contributed by atoms with Crippen LogP contribution in [0.25, 0.3) is 16.5 Å². The van der Waals surface area contributed by atoms with Crippen molar-refractivity contribution in [3.63, 3.8) is 0 Å². The van der Waals surface area contributed by atoms with Gasteiger partial charge in [0.05, 0.1) is 10.6 Å². The highest BCUT2D eigenvalue weighted by Crippen LogP contribution is 2.27. The highest BCUT2D eigenvalue weighted by molar-refractivity contribution is 7.13. The van der Waals surface area contributed by atoms with Crippen molar-refractivity contribution in [3.8, 4) is 16.5 Å². The smallest absolute Gasteiger partial charge is 0.252 e. The lowest BCUT2D eigenvalue weighted by Crippen LogP contribution is -2.19. The van der Waals surface area contributed by atoms with E-state index in [1.54, 1.807) is 24.3 Å². The van der Waals surface area contributed by atoms with Gasteiger partial charge in [-0.3, -0.25) is 14.6 Å². The molecule has 3 heterocycles. The molecule has 0 atom stereocenters. The van der Waals surface area contributed by atoms with Crippen LogP contribution in [0.4, 0.5) is 5.82 Å². The highest BCUT2D eigenvalue weighted by atomic mass is 32.1. The summed E-state index contributed by atoms with van der Waals surface area (Å²) in [5, 5.41) is 9.30. The molecule has 2 N–H and O–H groups in total. The number of aromatic amines is 1. The van der Waals surface area contributed by atoms with Crippen molar-refractivity contribution in [1.82, 2.24) is 19.7 Å². The molecule has 3 aromatic heterocycles. The molecule has 0 spiro atoms. The van der Waals surface area contributed by atoms with E-state index in [2.05, 4.69) is 20.4 Å². The van der Waals surface area contributed by atoms with Crippen molar-refractivity contribution in [2.45, 2.75) is 33.1 Å². The second-order valence-electron chi connectivity index (χ2n) is 5.85. The number of carbonyl (C=O) groups is 1. The van der Waals surface area contributed by atoms with Gasteiger partial charge < -0.3 is 5.32 Å². The summed E-state index contributed by atoms with van der Waals surface area (Å²) in [5.74, 6) is 0.716. The number of nitrogens with zero attached hydrogens (tertiary/aromatic N) is 3. The van der Waals surface area contributed by atoms with E-state index in [-0.39, 0.29) is 23.3 Å². The van der Waals surface area contributed by atoms with Crippen molar-refractivity contribution < 1.29 is 4.79 Å². The van der Waals surface area contributed by atoms with E-state index < -0.39 is 0 Å². The summed E-state index contributed by atoms with van der Waals surface area (Å²) < 4.78 is 1.47. The Labute approximate surface area is 148 Å². The summed E-state index contributed by atoms with van der Waals surface area (Å²) >= 11 is 1.55. The minimum Gasteiger partial charge on any atom is -0.310 e. The van der Waals surface area contributed by atoms with Crippen LogP contribution in [0.15, 0.2) is 34.4 Å². The molecule has 0 aliphatic carbocycles. The average Bonchev–Trinajstić information content (AvgIpc) is 3.23. The summed E-state index contributed by atoms with van der Waals surface area (Å²) in [4.78, 5) is 32.0. The molecule has 0 fully saturated rings. The Bertz CT molecular complexity index is 940. The fourth-order valence-corrected chi connectivity index (χ4v) is 2.95. The fraction of sp³-hybridized carbons (Fsp3) is 0.294. The molecule has 0 unspecified atom stereocenters. The minimum absolute atomic E-state index is 0.0991. The first-order valence-corrected chi connectivity index (χ1v) is 8.91. The van der Waals surface area contributed by atoms with Crippen molar-refractivity contribution in [1.29, 1.82) is 0 Å². The van der Waals surface area contributed by atoms with Gasteiger partial charge in [-0.25, -0.2) is 4.98 Å². The van der Waals surface area contributed by atoms with Crippen molar-refractivity contribution in [2.75, 3.05) is 5.32 Å². The first kappa shape index (κ1) is 17.1. The second kappa shape index (κ2) is 7.02. The van der Waals surface area contributed by atoms with Gasteiger partial charge in [-0.1, -0.05) is 26.8 Å². The van der Waals surface area contributed by atoms with Gasteiger partial charge >= 0.3 is 0 Å². The van der Waals surface area contributed by atoms with Gasteiger partial charge in [0, 0.05) is 18.6 Å². The normalized spacial score (nSPS) is 11.0. The molecule has 3 aromatic rings. The third kappa shape index (κ3) is 3.69. The van der Waals surface area contributed by atoms with Crippen LogP contribution in [0.2, 0.25) is 0 Å². The number of aromatic nitrogens is 4. The molecule has 8 heteroatoms. The molecule has 25 heavy (non-hydrogen) atoms. The lowest BCUT2D eigenvalue weighted by molar-refractivity contribution is -0.115. The molecule has 0 saturated carbocycles. The number of anilines is 1. The molecular formula is C17H19N5O2S. The third-order valence-corrected chi connectivity index (χ3v) is 4.51. The molecule has 3 rings (SSSR count). The quantitative estimate of drug-likeness (QED) is 0.733. The summed E-state index contributed by atoms with van der Waals surface area (Å²) in [6, 6.07) is 7.13. The number of carbonyl (C=O) groups excluding carboxylic acids is 1. The summed E-state index contributed by atoms with van der Waals surface area (Å²) in [7, 11) is 0. The molecule has 130 valence electrons. The highest BCUT2D eigenvalue weighted by Gasteiger charge is 2.16. The Morgan fingerprint density at radius 1 is 1.40 bits per heavy atom. The van der Waals surface area contributed by atoms with Crippen LogP contribution in [0.3, 0.4) is 0 Å². The largest absolute Gasteiger partial charge is 0.310 e.